The molecule has 62 valence electrons. The van der Waals surface area contributed by atoms with Crippen molar-refractivity contribution < 1.29 is 0 Å². The molecule has 0 N–H and O–H groups in total. The number of hydrogen-bond acceptors (Lipinski definition) is 2. The summed E-state index contributed by atoms with van der Waals surface area (Å²) in [4.78, 5) is 1.40. The van der Waals surface area contributed by atoms with Crippen LogP contribution in [0.25, 0.3) is 10.1 Å². The van der Waals surface area contributed by atoms with Gasteiger partial charge in [-0.25, -0.2) is 0 Å². The van der Waals surface area contributed by atoms with Crippen LogP contribution in [0.4, 0.5) is 0 Å². The zero-order chi connectivity index (χ0) is 8.55. The molecule has 1 aromatic carbocycles. The molecule has 0 atom stereocenters. The van der Waals surface area contributed by atoms with Gasteiger partial charge in [0.25, 0.3) is 0 Å². The number of hydrogen-bond donors (Lipinski definition) is 0. The molecule has 0 spiro atoms. The van der Waals surface area contributed by atoms with Gasteiger partial charge < -0.3 is 0 Å². The number of rotatable bonds is 1. The van der Waals surface area contributed by atoms with Crippen molar-refractivity contribution >= 4 is 33.2 Å². The van der Waals surface area contributed by atoms with Gasteiger partial charge >= 0.3 is 0 Å². The maximum absolute atomic E-state index is 2.25. The van der Waals surface area contributed by atoms with Crippen molar-refractivity contribution in [2.24, 2.45) is 0 Å². The Bertz CT molecular complexity index is 401. The number of benzene rings is 1. The second kappa shape index (κ2) is 3.11. The minimum atomic E-state index is 1.35. The van der Waals surface area contributed by atoms with E-state index in [1.54, 1.807) is 0 Å². The molecule has 0 fully saturated rings. The van der Waals surface area contributed by atoms with Gasteiger partial charge in [-0.15, -0.1) is 23.1 Å². The van der Waals surface area contributed by atoms with Gasteiger partial charge in [-0.1, -0.05) is 6.07 Å². The fourth-order valence-corrected chi connectivity index (χ4v) is 3.13. The molecule has 0 bridgehead atoms. The van der Waals surface area contributed by atoms with Gasteiger partial charge in [-0.2, -0.15) is 0 Å². The standard InChI is InChI=1S/C10H10S2/c1-7-5-8-3-4-12-10(8)9(6-7)11-2/h3-6H,1-2H3. The van der Waals surface area contributed by atoms with E-state index in [0.29, 0.717) is 0 Å². The zero-order valence-corrected chi connectivity index (χ0v) is 8.76. The third-order valence-electron chi connectivity index (χ3n) is 1.88. The van der Waals surface area contributed by atoms with Gasteiger partial charge in [0.15, 0.2) is 0 Å². The van der Waals surface area contributed by atoms with Gasteiger partial charge in [0.1, 0.15) is 0 Å². The van der Waals surface area contributed by atoms with E-state index in [4.69, 9.17) is 0 Å². The molecular weight excluding hydrogens is 184 g/mol. The lowest BCUT2D eigenvalue weighted by molar-refractivity contribution is 1.43. The highest BCUT2D eigenvalue weighted by Gasteiger charge is 2.01. The van der Waals surface area contributed by atoms with Crippen molar-refractivity contribution in [3.63, 3.8) is 0 Å². The molecule has 1 aromatic heterocycles. The largest absolute Gasteiger partial charge is 0.143 e. The van der Waals surface area contributed by atoms with Crippen molar-refractivity contribution in [1.29, 1.82) is 0 Å². The summed E-state index contributed by atoms with van der Waals surface area (Å²) in [7, 11) is 0. The van der Waals surface area contributed by atoms with Crippen molar-refractivity contribution in [3.05, 3.63) is 29.1 Å². The predicted octanol–water partition coefficient (Wildman–Crippen LogP) is 3.93. The summed E-state index contributed by atoms with van der Waals surface area (Å²) in [5, 5.41) is 3.54. The summed E-state index contributed by atoms with van der Waals surface area (Å²) in [5.41, 5.74) is 1.35. The van der Waals surface area contributed by atoms with Crippen LogP contribution in [0.1, 0.15) is 5.56 Å². The van der Waals surface area contributed by atoms with Gasteiger partial charge in [0.2, 0.25) is 0 Å². The average Bonchev–Trinajstić information content (AvgIpc) is 2.50. The molecule has 1 heterocycles. The average molecular weight is 194 g/mol. The molecule has 0 saturated heterocycles. The maximum Gasteiger partial charge on any atom is 0.0478 e. The lowest BCUT2D eigenvalue weighted by Gasteiger charge is -2.00. The lowest BCUT2D eigenvalue weighted by Crippen LogP contribution is -1.74. The van der Waals surface area contributed by atoms with Crippen LogP contribution in [0.3, 0.4) is 0 Å². The van der Waals surface area contributed by atoms with Crippen molar-refractivity contribution in [1.82, 2.24) is 0 Å². The summed E-state index contributed by atoms with van der Waals surface area (Å²) in [6, 6.07) is 6.68. The highest BCUT2D eigenvalue weighted by Crippen LogP contribution is 2.31. The first-order valence-electron chi connectivity index (χ1n) is 3.83. The normalized spacial score (nSPS) is 10.8. The van der Waals surface area contributed by atoms with E-state index in [0.717, 1.165) is 0 Å². The van der Waals surface area contributed by atoms with Crippen LogP contribution in [0.15, 0.2) is 28.5 Å². The minimum Gasteiger partial charge on any atom is -0.143 e. The number of thioether (sulfide) groups is 1. The van der Waals surface area contributed by atoms with Gasteiger partial charge in [-0.05, 0) is 41.6 Å². The molecule has 0 nitrogen and oxygen atoms in total. The Kier molecular flexibility index (Phi) is 2.11. The first-order chi connectivity index (χ1) is 5.81. The Hall–Kier alpha value is -0.470. The van der Waals surface area contributed by atoms with Crippen LogP contribution in [0.5, 0.6) is 0 Å². The van der Waals surface area contributed by atoms with E-state index in [1.165, 1.54) is 20.5 Å². The molecule has 0 aliphatic heterocycles. The van der Waals surface area contributed by atoms with Gasteiger partial charge in [-0.3, -0.25) is 0 Å². The molecule has 12 heavy (non-hydrogen) atoms. The highest BCUT2D eigenvalue weighted by molar-refractivity contribution is 7.99. The van der Waals surface area contributed by atoms with E-state index in [9.17, 15) is 0 Å². The van der Waals surface area contributed by atoms with Crippen LogP contribution in [-0.4, -0.2) is 6.26 Å². The molecule has 0 amide bonds. The highest BCUT2D eigenvalue weighted by atomic mass is 32.2. The minimum absolute atomic E-state index is 1.35. The summed E-state index contributed by atoms with van der Waals surface area (Å²) in [5.74, 6) is 0. The summed E-state index contributed by atoms with van der Waals surface area (Å²) < 4.78 is 1.42. The van der Waals surface area contributed by atoms with E-state index < -0.39 is 0 Å². The first kappa shape index (κ1) is 8.14. The molecule has 0 unspecified atom stereocenters. The molecule has 2 heteroatoms. The molecule has 0 aliphatic carbocycles. The van der Waals surface area contributed by atoms with Gasteiger partial charge in [0, 0.05) is 9.60 Å². The zero-order valence-electron chi connectivity index (χ0n) is 7.13. The Morgan fingerprint density at radius 1 is 1.33 bits per heavy atom. The van der Waals surface area contributed by atoms with Crippen LogP contribution in [0, 0.1) is 6.92 Å². The smallest absolute Gasteiger partial charge is 0.0478 e. The van der Waals surface area contributed by atoms with Crippen molar-refractivity contribution in [3.8, 4) is 0 Å². The van der Waals surface area contributed by atoms with Crippen LogP contribution < -0.4 is 0 Å². The summed E-state index contributed by atoms with van der Waals surface area (Å²) in [6.07, 6.45) is 2.13. The first-order valence-corrected chi connectivity index (χ1v) is 5.93. The fraction of sp³-hybridized carbons (Fsp3) is 0.200. The quantitative estimate of drug-likeness (QED) is 0.620. The number of aryl methyl sites for hydroxylation is 1. The Labute approximate surface area is 80.6 Å². The van der Waals surface area contributed by atoms with Crippen molar-refractivity contribution in [2.45, 2.75) is 11.8 Å². The van der Waals surface area contributed by atoms with E-state index in [2.05, 4.69) is 36.8 Å². The van der Waals surface area contributed by atoms with Crippen LogP contribution in [0.2, 0.25) is 0 Å². The molecule has 0 aliphatic rings. The SMILES string of the molecule is CSc1cc(C)cc2ccsc12. The van der Waals surface area contributed by atoms with Crippen LogP contribution in [-0.2, 0) is 0 Å². The maximum atomic E-state index is 2.25. The Morgan fingerprint density at radius 3 is 2.92 bits per heavy atom. The van der Waals surface area contributed by atoms with E-state index in [1.807, 2.05) is 23.1 Å². The molecular formula is C10H10S2. The third kappa shape index (κ3) is 1.25. The lowest BCUT2D eigenvalue weighted by atomic mass is 10.2. The molecule has 2 rings (SSSR count). The molecule has 2 aromatic rings. The summed E-state index contributed by atoms with van der Waals surface area (Å²) >= 11 is 3.65. The molecule has 0 radical (unpaired) electrons. The fourth-order valence-electron chi connectivity index (χ4n) is 1.34. The monoisotopic (exact) mass is 194 g/mol. The topological polar surface area (TPSA) is 0 Å². The van der Waals surface area contributed by atoms with Gasteiger partial charge in [0.05, 0.1) is 0 Å². The predicted molar refractivity (Wildman–Crippen MR) is 58.3 cm³/mol. The number of thiophene rings is 1. The van der Waals surface area contributed by atoms with Crippen molar-refractivity contribution in [2.75, 3.05) is 6.26 Å². The van der Waals surface area contributed by atoms with E-state index >= 15 is 0 Å². The second-order valence-corrected chi connectivity index (χ2v) is 4.57. The Balaban J connectivity index is 2.80. The molecule has 0 saturated carbocycles. The third-order valence-corrected chi connectivity index (χ3v) is 3.74. The number of fused-ring (bicyclic) bond motifs is 1. The second-order valence-electron chi connectivity index (χ2n) is 2.81. The summed E-state index contributed by atoms with van der Waals surface area (Å²) in [6.45, 7) is 2.15. The van der Waals surface area contributed by atoms with Crippen LogP contribution >= 0.6 is 23.1 Å². The van der Waals surface area contributed by atoms with E-state index in [-0.39, 0.29) is 0 Å². The Morgan fingerprint density at radius 2 is 2.17 bits per heavy atom.